The van der Waals surface area contributed by atoms with Crippen molar-refractivity contribution in [3.05, 3.63) is 27.8 Å². The number of halogens is 4. The molecule has 0 saturated carbocycles. The maximum atomic E-state index is 12.2. The Balaban J connectivity index is 2.81. The van der Waals surface area contributed by atoms with Crippen LogP contribution in [0.5, 0.6) is 0 Å². The topological polar surface area (TPSA) is 21.3 Å². The molecule has 2 nitrogen and oxygen atoms in total. The average Bonchev–Trinajstić information content (AvgIpc) is 2.04. The van der Waals surface area contributed by atoms with E-state index in [4.69, 9.17) is 0 Å². The zero-order valence-corrected chi connectivity index (χ0v) is 8.89. The molecule has 76 valence electrons. The van der Waals surface area contributed by atoms with Gasteiger partial charge in [0.1, 0.15) is 0 Å². The number of nitrogens with one attached hydrogen (secondary N) is 1. The van der Waals surface area contributed by atoms with Crippen molar-refractivity contribution in [2.45, 2.75) is 0 Å². The van der Waals surface area contributed by atoms with Crippen LogP contribution in [0.25, 0.3) is 0 Å². The third kappa shape index (κ3) is 3.03. The van der Waals surface area contributed by atoms with Crippen LogP contribution in [-0.4, -0.2) is 7.11 Å². The van der Waals surface area contributed by atoms with Crippen LogP contribution in [0.3, 0.4) is 0 Å². The number of rotatable bonds is 3. The summed E-state index contributed by atoms with van der Waals surface area (Å²) in [7, 11) is 1.40. The molecule has 0 bridgehead atoms. The molecule has 0 aliphatic rings. The van der Waals surface area contributed by atoms with Gasteiger partial charge in [-0.1, -0.05) is 0 Å². The summed E-state index contributed by atoms with van der Waals surface area (Å²) in [4.78, 5) is 4.54. The van der Waals surface area contributed by atoms with E-state index in [1.165, 1.54) is 19.2 Å². The van der Waals surface area contributed by atoms with Crippen molar-refractivity contribution in [1.82, 2.24) is 0 Å². The van der Waals surface area contributed by atoms with Gasteiger partial charge in [0, 0.05) is 0 Å². The quantitative estimate of drug-likeness (QED) is 0.608. The van der Waals surface area contributed by atoms with Crippen molar-refractivity contribution >= 4 is 5.69 Å². The summed E-state index contributed by atoms with van der Waals surface area (Å²) in [5.41, 5.74) is 2.95. The Kier molecular flexibility index (Phi) is 3.37. The van der Waals surface area contributed by atoms with Crippen LogP contribution in [-0.2, 0) is 4.84 Å². The van der Waals surface area contributed by atoms with Crippen molar-refractivity contribution in [1.29, 1.82) is 0 Å². The molecule has 13 heavy (non-hydrogen) atoms. The normalized spacial score (nSPS) is 12.6. The SMILES string of the molecule is CONc1ccc([I-](F)(F)F)cc1. The van der Waals surface area contributed by atoms with Crippen molar-refractivity contribution in [2.75, 3.05) is 12.6 Å². The first kappa shape index (κ1) is 10.6. The number of hydrogen-bond donors (Lipinski definition) is 1. The second-order valence-corrected chi connectivity index (χ2v) is 5.58. The molecule has 0 atom stereocenters. The molecule has 1 aromatic carbocycles. The fourth-order valence-electron chi connectivity index (χ4n) is 0.779. The van der Waals surface area contributed by atoms with Gasteiger partial charge in [-0.15, -0.1) is 0 Å². The molecule has 0 aliphatic heterocycles. The van der Waals surface area contributed by atoms with E-state index < -0.39 is 23.7 Å². The van der Waals surface area contributed by atoms with Crippen LogP contribution in [0.4, 0.5) is 14.3 Å². The van der Waals surface area contributed by atoms with Crippen molar-refractivity contribution in [3.63, 3.8) is 0 Å². The van der Waals surface area contributed by atoms with E-state index in [1.807, 2.05) is 0 Å². The molecule has 0 aromatic heterocycles. The molecule has 0 amide bonds. The first-order chi connectivity index (χ1) is 6.04. The van der Waals surface area contributed by atoms with Crippen LogP contribution in [0, 0.1) is 3.57 Å². The van der Waals surface area contributed by atoms with Gasteiger partial charge in [0.15, 0.2) is 0 Å². The van der Waals surface area contributed by atoms with E-state index in [0.717, 1.165) is 12.1 Å². The van der Waals surface area contributed by atoms with E-state index >= 15 is 0 Å². The van der Waals surface area contributed by atoms with Gasteiger partial charge in [-0.3, -0.25) is 0 Å². The fourth-order valence-corrected chi connectivity index (χ4v) is 1.95. The molecule has 6 heteroatoms. The minimum atomic E-state index is -6.05. The molecule has 1 N–H and O–H groups in total. The Hall–Kier alpha value is -0.500. The monoisotopic (exact) mass is 306 g/mol. The van der Waals surface area contributed by atoms with Gasteiger partial charge in [0.05, 0.1) is 0 Å². The zero-order valence-electron chi connectivity index (χ0n) is 6.73. The van der Waals surface area contributed by atoms with Crippen LogP contribution in [0.1, 0.15) is 0 Å². The summed E-state index contributed by atoms with van der Waals surface area (Å²) in [6.07, 6.45) is 0. The maximum absolute atomic E-state index is 12.2. The zero-order chi connectivity index (χ0) is 9.90. The van der Waals surface area contributed by atoms with Crippen LogP contribution >= 0.6 is 0 Å². The molecule has 0 spiro atoms. The molecule has 0 aliphatic carbocycles. The Morgan fingerprint density at radius 2 is 1.69 bits per heavy atom. The third-order valence-electron chi connectivity index (χ3n) is 1.31. The molecular weight excluding hydrogens is 298 g/mol. The van der Waals surface area contributed by atoms with E-state index in [0.29, 0.717) is 5.69 Å². The molecule has 0 fully saturated rings. The number of anilines is 1. The summed E-state index contributed by atoms with van der Waals surface area (Å²) in [5.74, 6) is 0. The van der Waals surface area contributed by atoms with Gasteiger partial charge in [0.2, 0.25) is 0 Å². The standard InChI is InChI=1S/C7H8F3INO/c1-13-12-7-4-2-6(3-5-7)11(8,9)10/h2-5,12H,1H3/q-1. The third-order valence-corrected chi connectivity index (χ3v) is 3.44. The molecule has 0 saturated heterocycles. The van der Waals surface area contributed by atoms with E-state index in [-0.39, 0.29) is 0 Å². The molecule has 0 radical (unpaired) electrons. The van der Waals surface area contributed by atoms with Crippen LogP contribution < -0.4 is 25.6 Å². The number of benzene rings is 1. The Labute approximate surface area is 79.9 Å². The van der Waals surface area contributed by atoms with Gasteiger partial charge < -0.3 is 0 Å². The predicted molar refractivity (Wildman–Crippen MR) is 39.1 cm³/mol. The summed E-state index contributed by atoms with van der Waals surface area (Å²) in [6.45, 7) is 0. The van der Waals surface area contributed by atoms with E-state index in [1.54, 1.807) is 0 Å². The molecule has 1 rings (SSSR count). The molecule has 0 heterocycles. The summed E-state index contributed by atoms with van der Waals surface area (Å²) < 4.78 is 36.2. The van der Waals surface area contributed by atoms with Crippen LogP contribution in [0.2, 0.25) is 0 Å². The summed E-state index contributed by atoms with van der Waals surface area (Å²) >= 11 is -6.05. The molecular formula is C7H8F3INO-. The second-order valence-electron chi connectivity index (χ2n) is 2.19. The summed E-state index contributed by atoms with van der Waals surface area (Å²) in [6, 6.07) is 4.82. The minimum absolute atomic E-state index is 0.492. The van der Waals surface area contributed by atoms with E-state index in [9.17, 15) is 8.58 Å². The van der Waals surface area contributed by atoms with Crippen LogP contribution in [0.15, 0.2) is 24.3 Å². The Morgan fingerprint density at radius 3 is 2.08 bits per heavy atom. The summed E-state index contributed by atoms with van der Waals surface area (Å²) in [5, 5.41) is 0. The van der Waals surface area contributed by atoms with Crippen molar-refractivity contribution < 1.29 is 33.6 Å². The van der Waals surface area contributed by atoms with Gasteiger partial charge in [-0.25, -0.2) is 0 Å². The van der Waals surface area contributed by atoms with Gasteiger partial charge in [0.25, 0.3) is 0 Å². The Bertz CT molecular complexity index is 272. The number of hydrogen-bond acceptors (Lipinski definition) is 2. The average molecular weight is 306 g/mol. The first-order valence-electron chi connectivity index (χ1n) is 3.30. The van der Waals surface area contributed by atoms with E-state index in [2.05, 4.69) is 10.3 Å². The molecule has 0 unspecified atom stereocenters. The second kappa shape index (κ2) is 4.14. The molecule has 1 aromatic rings. The Morgan fingerprint density at radius 1 is 1.15 bits per heavy atom. The first-order valence-corrected chi connectivity index (χ1v) is 6.83. The van der Waals surface area contributed by atoms with Gasteiger partial charge in [-0.05, 0) is 0 Å². The predicted octanol–water partition coefficient (Wildman–Crippen LogP) is -0.357. The van der Waals surface area contributed by atoms with Crippen molar-refractivity contribution in [2.24, 2.45) is 0 Å². The fraction of sp³-hybridized carbons (Fsp3) is 0.143. The van der Waals surface area contributed by atoms with Gasteiger partial charge >= 0.3 is 79.7 Å². The van der Waals surface area contributed by atoms with Gasteiger partial charge in [-0.2, -0.15) is 0 Å². The van der Waals surface area contributed by atoms with Crippen molar-refractivity contribution in [3.8, 4) is 0 Å².